The Labute approximate surface area is 145 Å². The van der Waals surface area contributed by atoms with Crippen LogP contribution in [0.5, 0.6) is 0 Å². The van der Waals surface area contributed by atoms with Crippen molar-refractivity contribution in [1.82, 2.24) is 14.7 Å². The van der Waals surface area contributed by atoms with Crippen molar-refractivity contribution in [3.05, 3.63) is 52.3 Å². The molecule has 0 spiro atoms. The van der Waals surface area contributed by atoms with Gasteiger partial charge in [-0.15, -0.1) is 11.3 Å². The Hall–Kier alpha value is -2.34. The molecular formula is C18H22N4OS. The molecule has 1 N–H and O–H groups in total. The maximum atomic E-state index is 12.7. The van der Waals surface area contributed by atoms with E-state index < -0.39 is 0 Å². The molecule has 0 saturated heterocycles. The Morgan fingerprint density at radius 1 is 1.29 bits per heavy atom. The van der Waals surface area contributed by atoms with Gasteiger partial charge in [-0.25, -0.2) is 4.98 Å². The van der Waals surface area contributed by atoms with Gasteiger partial charge in [0.05, 0.1) is 5.69 Å². The molecule has 0 saturated carbocycles. The molecule has 0 aliphatic heterocycles. The summed E-state index contributed by atoms with van der Waals surface area (Å²) in [6, 6.07) is 8.19. The molecule has 0 unspecified atom stereocenters. The number of imidazole rings is 1. The highest BCUT2D eigenvalue weighted by Crippen LogP contribution is 2.21. The number of thiazole rings is 1. The molecule has 24 heavy (non-hydrogen) atoms. The third-order valence-electron chi connectivity index (χ3n) is 3.97. The average molecular weight is 342 g/mol. The summed E-state index contributed by atoms with van der Waals surface area (Å²) in [7, 11) is 4.02. The van der Waals surface area contributed by atoms with Crippen molar-refractivity contribution in [3.8, 4) is 0 Å². The molecule has 3 aromatic rings. The van der Waals surface area contributed by atoms with Crippen LogP contribution < -0.4 is 10.2 Å². The smallest absolute Gasteiger partial charge is 0.270 e. The second-order valence-electron chi connectivity index (χ2n) is 6.00. The zero-order valence-corrected chi connectivity index (χ0v) is 15.3. The van der Waals surface area contributed by atoms with Crippen LogP contribution >= 0.6 is 11.3 Å². The van der Waals surface area contributed by atoms with Gasteiger partial charge in [0.15, 0.2) is 4.96 Å². The van der Waals surface area contributed by atoms with Crippen molar-refractivity contribution in [2.24, 2.45) is 0 Å². The van der Waals surface area contributed by atoms with E-state index >= 15 is 0 Å². The number of amides is 1. The number of rotatable bonds is 5. The molecule has 5 nitrogen and oxygen atoms in total. The maximum Gasteiger partial charge on any atom is 0.270 e. The number of hydrogen-bond donors (Lipinski definition) is 1. The lowest BCUT2D eigenvalue weighted by Crippen LogP contribution is -2.25. The van der Waals surface area contributed by atoms with E-state index in [0.29, 0.717) is 12.2 Å². The fourth-order valence-electron chi connectivity index (χ4n) is 2.67. The lowest BCUT2D eigenvalue weighted by atomic mass is 10.2. The largest absolute Gasteiger partial charge is 0.378 e. The SMILES string of the molecule is CCc1nc2sc(C)cn2c1C(=O)NCc1ccc(N(C)C)cc1. The first-order valence-corrected chi connectivity index (χ1v) is 8.83. The zero-order chi connectivity index (χ0) is 17.3. The summed E-state index contributed by atoms with van der Waals surface area (Å²) in [5.41, 5.74) is 3.72. The number of hydrogen-bond acceptors (Lipinski definition) is 4. The molecule has 126 valence electrons. The van der Waals surface area contributed by atoms with Gasteiger partial charge >= 0.3 is 0 Å². The molecule has 1 aromatic carbocycles. The van der Waals surface area contributed by atoms with E-state index in [9.17, 15) is 4.79 Å². The van der Waals surface area contributed by atoms with Crippen molar-refractivity contribution >= 4 is 27.9 Å². The van der Waals surface area contributed by atoms with E-state index in [1.807, 2.05) is 50.7 Å². The number of fused-ring (bicyclic) bond motifs is 1. The quantitative estimate of drug-likeness (QED) is 0.774. The Bertz CT molecular complexity index is 861. The first-order chi connectivity index (χ1) is 11.5. The summed E-state index contributed by atoms with van der Waals surface area (Å²) in [6.45, 7) is 4.56. The normalized spacial score (nSPS) is 11.0. The molecule has 0 radical (unpaired) electrons. The Balaban J connectivity index is 1.77. The van der Waals surface area contributed by atoms with Crippen LogP contribution in [0.25, 0.3) is 4.96 Å². The van der Waals surface area contributed by atoms with Crippen molar-refractivity contribution in [1.29, 1.82) is 0 Å². The predicted molar refractivity (Wildman–Crippen MR) is 99.1 cm³/mol. The molecule has 2 aromatic heterocycles. The molecule has 0 bridgehead atoms. The molecule has 0 aliphatic carbocycles. The highest BCUT2D eigenvalue weighted by atomic mass is 32.1. The number of aromatic nitrogens is 2. The lowest BCUT2D eigenvalue weighted by molar-refractivity contribution is 0.0944. The van der Waals surface area contributed by atoms with E-state index in [2.05, 4.69) is 27.3 Å². The first kappa shape index (κ1) is 16.5. The summed E-state index contributed by atoms with van der Waals surface area (Å²) in [5.74, 6) is -0.0752. The number of nitrogens with zero attached hydrogens (tertiary/aromatic N) is 3. The van der Waals surface area contributed by atoms with Gasteiger partial charge in [-0.05, 0) is 31.0 Å². The van der Waals surface area contributed by atoms with Gasteiger partial charge in [0.1, 0.15) is 5.69 Å². The number of carbonyl (C=O) groups is 1. The summed E-state index contributed by atoms with van der Waals surface area (Å²) in [5, 5.41) is 3.02. The molecule has 2 heterocycles. The fraction of sp³-hybridized carbons (Fsp3) is 0.333. The van der Waals surface area contributed by atoms with Crippen LogP contribution in [-0.2, 0) is 13.0 Å². The third-order valence-corrected chi connectivity index (χ3v) is 4.87. The summed E-state index contributed by atoms with van der Waals surface area (Å²) >= 11 is 1.61. The van der Waals surface area contributed by atoms with E-state index in [4.69, 9.17) is 0 Å². The van der Waals surface area contributed by atoms with Crippen LogP contribution in [-0.4, -0.2) is 29.4 Å². The third kappa shape index (κ3) is 3.14. The lowest BCUT2D eigenvalue weighted by Gasteiger charge is -2.13. The van der Waals surface area contributed by atoms with E-state index in [0.717, 1.165) is 33.2 Å². The van der Waals surface area contributed by atoms with Gasteiger partial charge in [0, 0.05) is 37.4 Å². The fourth-order valence-corrected chi connectivity index (χ4v) is 3.51. The van der Waals surface area contributed by atoms with Crippen molar-refractivity contribution in [3.63, 3.8) is 0 Å². The van der Waals surface area contributed by atoms with Gasteiger partial charge in [-0.2, -0.15) is 0 Å². The Kier molecular flexibility index (Phi) is 4.57. The average Bonchev–Trinajstić information content (AvgIpc) is 3.08. The van der Waals surface area contributed by atoms with Gasteiger partial charge in [0.25, 0.3) is 5.91 Å². The van der Waals surface area contributed by atoms with Crippen LogP contribution in [0.2, 0.25) is 0 Å². The summed E-state index contributed by atoms with van der Waals surface area (Å²) < 4.78 is 1.91. The number of nitrogens with one attached hydrogen (secondary N) is 1. The standard InChI is InChI=1S/C18H22N4OS/c1-5-15-16(22-11-12(2)24-18(22)20-15)17(23)19-10-13-6-8-14(9-7-13)21(3)4/h6-9,11H,5,10H2,1-4H3,(H,19,23). The molecule has 3 rings (SSSR count). The summed E-state index contributed by atoms with van der Waals surface area (Å²) in [4.78, 5) is 21.3. The van der Waals surface area contributed by atoms with Gasteiger partial charge < -0.3 is 10.2 Å². The second kappa shape index (κ2) is 6.65. The van der Waals surface area contributed by atoms with Crippen LogP contribution in [0.4, 0.5) is 5.69 Å². The number of aryl methyl sites for hydroxylation is 2. The van der Waals surface area contributed by atoms with E-state index in [1.54, 1.807) is 11.3 Å². The van der Waals surface area contributed by atoms with Crippen molar-refractivity contribution in [2.45, 2.75) is 26.8 Å². The monoisotopic (exact) mass is 342 g/mol. The van der Waals surface area contributed by atoms with Crippen molar-refractivity contribution in [2.75, 3.05) is 19.0 Å². The van der Waals surface area contributed by atoms with Crippen LogP contribution in [0, 0.1) is 6.92 Å². The highest BCUT2D eigenvalue weighted by Gasteiger charge is 2.19. The van der Waals surface area contributed by atoms with E-state index in [1.165, 1.54) is 0 Å². The number of carbonyl (C=O) groups excluding carboxylic acids is 1. The maximum absolute atomic E-state index is 12.7. The molecule has 0 atom stereocenters. The van der Waals surface area contributed by atoms with Crippen LogP contribution in [0.3, 0.4) is 0 Å². The minimum Gasteiger partial charge on any atom is -0.378 e. The molecular weight excluding hydrogens is 320 g/mol. The zero-order valence-electron chi connectivity index (χ0n) is 14.5. The van der Waals surface area contributed by atoms with Gasteiger partial charge in [0.2, 0.25) is 0 Å². The Morgan fingerprint density at radius 2 is 2.00 bits per heavy atom. The molecule has 0 aliphatic rings. The number of benzene rings is 1. The van der Waals surface area contributed by atoms with Crippen LogP contribution in [0.1, 0.15) is 33.5 Å². The first-order valence-electron chi connectivity index (χ1n) is 8.01. The van der Waals surface area contributed by atoms with Gasteiger partial charge in [-0.3, -0.25) is 9.20 Å². The summed E-state index contributed by atoms with van der Waals surface area (Å²) in [6.07, 6.45) is 2.72. The second-order valence-corrected chi connectivity index (χ2v) is 7.21. The molecule has 0 fully saturated rings. The highest BCUT2D eigenvalue weighted by molar-refractivity contribution is 7.17. The number of anilines is 1. The predicted octanol–water partition coefficient (Wildman–Crippen LogP) is 3.26. The van der Waals surface area contributed by atoms with E-state index in [-0.39, 0.29) is 5.91 Å². The minimum atomic E-state index is -0.0752. The van der Waals surface area contributed by atoms with Gasteiger partial charge in [-0.1, -0.05) is 19.1 Å². The van der Waals surface area contributed by atoms with Crippen LogP contribution in [0.15, 0.2) is 30.5 Å². The minimum absolute atomic E-state index is 0.0752. The molecule has 6 heteroatoms. The molecule has 1 amide bonds. The Morgan fingerprint density at radius 3 is 2.62 bits per heavy atom. The topological polar surface area (TPSA) is 49.6 Å². The van der Waals surface area contributed by atoms with Crippen molar-refractivity contribution < 1.29 is 4.79 Å².